The Labute approximate surface area is 272 Å². The first kappa shape index (κ1) is 31.8. The maximum Gasteiger partial charge on any atom is 0.306 e. The molecule has 0 radical (unpaired) electrons. The molecule has 0 spiro atoms. The second-order valence-electron chi connectivity index (χ2n) is 12.3. The van der Waals surface area contributed by atoms with Crippen molar-refractivity contribution in [2.45, 2.75) is 63.4 Å². The van der Waals surface area contributed by atoms with E-state index in [4.69, 9.17) is 16.3 Å². The molecule has 0 bridgehead atoms. The number of aliphatic carboxylic acids is 1. The molecular formula is C36H37ClFN3O5. The predicted molar refractivity (Wildman–Crippen MR) is 175 cm³/mol. The van der Waals surface area contributed by atoms with Crippen molar-refractivity contribution in [2.75, 3.05) is 18.5 Å². The number of amides is 2. The van der Waals surface area contributed by atoms with E-state index in [0.717, 1.165) is 16.5 Å². The Morgan fingerprint density at radius 3 is 2.43 bits per heavy atom. The Morgan fingerprint density at radius 2 is 1.70 bits per heavy atom. The standard InChI is InChI=1S/C36H37ClFN3O5/c37-31-16-24(17-34(42)41-20-26(38)18-27(41)22-46-28-13-11-25(12-14-28)36(44)45)10-15-32(31)39-35(43)30-21-40(19-23-6-2-1-3-7-23)33-9-5-4-8-29(30)33/h1-10,15-16,21,25-28H,11-14,17-20,22H2,(H,39,43)(H,44,45)/t25?,26-,27-,28?/m0/s1. The summed E-state index contributed by atoms with van der Waals surface area (Å²) in [7, 11) is 0. The van der Waals surface area contributed by atoms with Gasteiger partial charge in [-0.05, 0) is 55.0 Å². The number of rotatable bonds is 10. The van der Waals surface area contributed by atoms with Gasteiger partial charge in [-0.3, -0.25) is 14.4 Å². The lowest BCUT2D eigenvalue weighted by molar-refractivity contribution is -0.144. The third-order valence-corrected chi connectivity index (χ3v) is 9.41. The van der Waals surface area contributed by atoms with Gasteiger partial charge in [0, 0.05) is 30.1 Å². The monoisotopic (exact) mass is 645 g/mol. The van der Waals surface area contributed by atoms with Crippen LogP contribution in [0.3, 0.4) is 0 Å². The molecule has 4 aromatic rings. The van der Waals surface area contributed by atoms with Gasteiger partial charge in [0.1, 0.15) is 6.17 Å². The van der Waals surface area contributed by atoms with E-state index < -0.39 is 12.1 Å². The molecule has 2 atom stereocenters. The highest BCUT2D eigenvalue weighted by Crippen LogP contribution is 2.30. The van der Waals surface area contributed by atoms with Crippen LogP contribution in [0.1, 0.15) is 53.6 Å². The SMILES string of the molecule is O=C(Nc1ccc(CC(=O)N2C[C@@H](F)C[C@H]2COC2CCC(C(=O)O)CC2)cc1Cl)c1cn(Cc2ccccc2)c2ccccc12. The molecule has 240 valence electrons. The highest BCUT2D eigenvalue weighted by atomic mass is 35.5. The van der Waals surface area contributed by atoms with Gasteiger partial charge in [-0.15, -0.1) is 0 Å². The number of fused-ring (bicyclic) bond motifs is 1. The van der Waals surface area contributed by atoms with Crippen LogP contribution in [0.15, 0.2) is 79.0 Å². The third-order valence-electron chi connectivity index (χ3n) is 9.10. The van der Waals surface area contributed by atoms with Crippen LogP contribution in [0.25, 0.3) is 10.9 Å². The van der Waals surface area contributed by atoms with E-state index in [1.54, 1.807) is 23.1 Å². The Hall–Kier alpha value is -4.21. The Morgan fingerprint density at radius 1 is 0.957 bits per heavy atom. The number of alkyl halides is 1. The molecule has 1 aromatic heterocycles. The van der Waals surface area contributed by atoms with E-state index >= 15 is 0 Å². The van der Waals surface area contributed by atoms with E-state index in [1.807, 2.05) is 60.8 Å². The molecule has 1 saturated carbocycles. The van der Waals surface area contributed by atoms with Crippen molar-refractivity contribution in [3.63, 3.8) is 0 Å². The fourth-order valence-corrected chi connectivity index (χ4v) is 6.87. The number of para-hydroxylation sites is 1. The summed E-state index contributed by atoms with van der Waals surface area (Å²) in [5.41, 5.74) is 3.68. The van der Waals surface area contributed by atoms with E-state index in [1.165, 1.54) is 0 Å². The molecular weight excluding hydrogens is 609 g/mol. The van der Waals surface area contributed by atoms with Gasteiger partial charge in [0.05, 0.1) is 53.9 Å². The zero-order valence-corrected chi connectivity index (χ0v) is 26.2. The first-order chi connectivity index (χ1) is 22.2. The lowest BCUT2D eigenvalue weighted by atomic mass is 9.87. The van der Waals surface area contributed by atoms with Crippen LogP contribution in [0.5, 0.6) is 0 Å². The summed E-state index contributed by atoms with van der Waals surface area (Å²) in [5, 5.41) is 13.3. The summed E-state index contributed by atoms with van der Waals surface area (Å²) in [6.07, 6.45) is 3.32. The van der Waals surface area contributed by atoms with Gasteiger partial charge in [-0.25, -0.2) is 4.39 Å². The van der Waals surface area contributed by atoms with Crippen LogP contribution >= 0.6 is 11.6 Å². The minimum Gasteiger partial charge on any atom is -0.481 e. The zero-order valence-electron chi connectivity index (χ0n) is 25.4. The van der Waals surface area contributed by atoms with Crippen molar-refractivity contribution in [1.82, 2.24) is 9.47 Å². The Kier molecular flexibility index (Phi) is 9.70. The van der Waals surface area contributed by atoms with E-state index in [0.29, 0.717) is 54.1 Å². The first-order valence-electron chi connectivity index (χ1n) is 15.7. The smallest absolute Gasteiger partial charge is 0.306 e. The van der Waals surface area contributed by atoms with Crippen LogP contribution in [0.2, 0.25) is 5.02 Å². The van der Waals surface area contributed by atoms with Crippen LogP contribution in [-0.2, 0) is 27.3 Å². The number of hydrogen-bond acceptors (Lipinski definition) is 4. The number of anilines is 1. The molecule has 10 heteroatoms. The molecule has 1 aliphatic carbocycles. The fourth-order valence-electron chi connectivity index (χ4n) is 6.62. The lowest BCUT2D eigenvalue weighted by Crippen LogP contribution is -2.40. The molecule has 6 rings (SSSR count). The van der Waals surface area contributed by atoms with Gasteiger partial charge in [-0.2, -0.15) is 0 Å². The molecule has 1 saturated heterocycles. The minimum atomic E-state index is -1.12. The molecule has 46 heavy (non-hydrogen) atoms. The maximum atomic E-state index is 14.4. The zero-order chi connectivity index (χ0) is 32.2. The van der Waals surface area contributed by atoms with Gasteiger partial charge < -0.3 is 24.6 Å². The van der Waals surface area contributed by atoms with Crippen molar-refractivity contribution in [2.24, 2.45) is 5.92 Å². The number of carboxylic acid groups (broad SMARTS) is 1. The van der Waals surface area contributed by atoms with Gasteiger partial charge in [0.2, 0.25) is 5.91 Å². The molecule has 1 aliphatic heterocycles. The summed E-state index contributed by atoms with van der Waals surface area (Å²) in [4.78, 5) is 39.5. The van der Waals surface area contributed by atoms with Crippen molar-refractivity contribution >= 4 is 46.0 Å². The second kappa shape index (κ2) is 14.1. The molecule has 0 unspecified atom stereocenters. The molecule has 3 aromatic carbocycles. The molecule has 2 amide bonds. The van der Waals surface area contributed by atoms with Gasteiger partial charge in [-0.1, -0.05) is 66.2 Å². The average Bonchev–Trinajstić information content (AvgIpc) is 3.62. The highest BCUT2D eigenvalue weighted by molar-refractivity contribution is 6.34. The summed E-state index contributed by atoms with van der Waals surface area (Å²) in [5.74, 6) is -1.62. The van der Waals surface area contributed by atoms with Crippen LogP contribution in [0, 0.1) is 5.92 Å². The quantitative estimate of drug-likeness (QED) is 0.199. The number of nitrogens with zero attached hydrogens (tertiary/aromatic N) is 2. The lowest BCUT2D eigenvalue weighted by Gasteiger charge is -2.29. The highest BCUT2D eigenvalue weighted by Gasteiger charge is 2.36. The van der Waals surface area contributed by atoms with Gasteiger partial charge >= 0.3 is 5.97 Å². The average molecular weight is 646 g/mol. The number of halogens is 2. The van der Waals surface area contributed by atoms with E-state index in [9.17, 15) is 23.9 Å². The number of nitrogens with one attached hydrogen (secondary N) is 1. The number of benzene rings is 3. The molecule has 2 N–H and O–H groups in total. The van der Waals surface area contributed by atoms with E-state index in [2.05, 4.69) is 9.88 Å². The Bertz CT molecular complexity index is 1720. The van der Waals surface area contributed by atoms with Crippen molar-refractivity contribution < 1.29 is 28.6 Å². The van der Waals surface area contributed by atoms with Crippen molar-refractivity contribution in [3.05, 3.63) is 101 Å². The number of carboxylic acids is 1. The van der Waals surface area contributed by atoms with E-state index in [-0.39, 0.29) is 55.9 Å². The van der Waals surface area contributed by atoms with Crippen LogP contribution < -0.4 is 5.32 Å². The Balaban J connectivity index is 1.08. The second-order valence-corrected chi connectivity index (χ2v) is 12.7. The largest absolute Gasteiger partial charge is 0.481 e. The molecule has 2 fully saturated rings. The van der Waals surface area contributed by atoms with Crippen LogP contribution in [0.4, 0.5) is 10.1 Å². The minimum absolute atomic E-state index is 0.0123. The number of hydrogen-bond donors (Lipinski definition) is 2. The summed E-state index contributed by atoms with van der Waals surface area (Å²) < 4.78 is 22.5. The summed E-state index contributed by atoms with van der Waals surface area (Å²) in [6, 6.07) is 22.5. The first-order valence-corrected chi connectivity index (χ1v) is 16.1. The molecule has 8 nitrogen and oxygen atoms in total. The maximum absolute atomic E-state index is 14.4. The van der Waals surface area contributed by atoms with Gasteiger partial charge in [0.15, 0.2) is 0 Å². The number of carbonyl (C=O) groups is 3. The number of likely N-dealkylation sites (tertiary alicyclic amines) is 1. The van der Waals surface area contributed by atoms with Crippen molar-refractivity contribution in [1.29, 1.82) is 0 Å². The number of aromatic nitrogens is 1. The number of ether oxygens (including phenoxy) is 1. The normalized spacial score (nSPS) is 21.4. The third kappa shape index (κ3) is 7.26. The fraction of sp³-hybridized carbons (Fsp3) is 0.361. The molecule has 2 aliphatic rings. The summed E-state index contributed by atoms with van der Waals surface area (Å²) in [6.45, 7) is 0.861. The van der Waals surface area contributed by atoms with Gasteiger partial charge in [0.25, 0.3) is 5.91 Å². The predicted octanol–water partition coefficient (Wildman–Crippen LogP) is 6.74. The topological polar surface area (TPSA) is 101 Å². The van der Waals surface area contributed by atoms with Crippen LogP contribution in [-0.4, -0.2) is 63.8 Å². The summed E-state index contributed by atoms with van der Waals surface area (Å²) >= 11 is 6.59. The van der Waals surface area contributed by atoms with Crippen molar-refractivity contribution in [3.8, 4) is 0 Å². The number of carbonyl (C=O) groups excluding carboxylic acids is 2. The molecule has 2 heterocycles.